The number of imidazole rings is 2. The van der Waals surface area contributed by atoms with Crippen molar-refractivity contribution < 1.29 is 33.8 Å². The summed E-state index contributed by atoms with van der Waals surface area (Å²) in [6.45, 7) is 12.7. The minimum absolute atomic E-state index is 0.0910. The van der Waals surface area contributed by atoms with Crippen LogP contribution >= 0.6 is 0 Å². The zero-order chi connectivity index (χ0) is 44.1. The number of aldehydes is 1. The number of nitrogens with one attached hydrogen (secondary N) is 2. The number of hydrogen-bond donors (Lipinski definition) is 5. The quantitative estimate of drug-likeness (QED) is 0.0485. The summed E-state index contributed by atoms with van der Waals surface area (Å²) in [5.74, 6) is -0.506. The highest BCUT2D eigenvalue weighted by atomic mass is 16.5. The molecule has 0 aliphatic rings. The van der Waals surface area contributed by atoms with E-state index in [-0.39, 0.29) is 43.8 Å². The first kappa shape index (κ1) is 45.8. The van der Waals surface area contributed by atoms with Crippen molar-refractivity contribution in [2.75, 3.05) is 38.0 Å². The molecule has 0 atom stereocenters. The van der Waals surface area contributed by atoms with Crippen LogP contribution in [0.5, 0.6) is 11.5 Å². The third-order valence-electron chi connectivity index (χ3n) is 8.90. The second-order valence-corrected chi connectivity index (χ2v) is 12.8. The summed E-state index contributed by atoms with van der Waals surface area (Å²) in [7, 11) is 2.96. The molecule has 4 heterocycles. The van der Waals surface area contributed by atoms with Gasteiger partial charge in [-0.1, -0.05) is 26.0 Å². The molecule has 6 rings (SSSR count). The minimum atomic E-state index is -0.669. The zero-order valence-electron chi connectivity index (χ0n) is 35.3. The second-order valence-electron chi connectivity index (χ2n) is 12.8. The first-order valence-electron chi connectivity index (χ1n) is 19.6. The van der Waals surface area contributed by atoms with Crippen LogP contribution in [-0.2, 0) is 26.2 Å². The van der Waals surface area contributed by atoms with E-state index in [1.54, 1.807) is 56.6 Å². The van der Waals surface area contributed by atoms with Crippen LogP contribution in [0, 0.1) is 13.8 Å². The van der Waals surface area contributed by atoms with Gasteiger partial charge >= 0.3 is 0 Å². The Bertz CT molecular complexity index is 2490. The molecular formula is C41H54N12O7. The van der Waals surface area contributed by atoms with Crippen molar-refractivity contribution in [3.05, 3.63) is 82.5 Å². The van der Waals surface area contributed by atoms with Crippen molar-refractivity contribution in [1.82, 2.24) is 38.7 Å². The number of methoxy groups -OCH3 is 1. The minimum Gasteiger partial charge on any atom is -0.494 e. The average Bonchev–Trinajstić information content (AvgIpc) is 4.02. The third kappa shape index (κ3) is 10.0. The third-order valence-corrected chi connectivity index (χ3v) is 8.90. The number of fused-ring (bicyclic) bond motifs is 2. The molecule has 7 N–H and O–H groups in total. The van der Waals surface area contributed by atoms with Gasteiger partial charge in [0.15, 0.2) is 0 Å². The van der Waals surface area contributed by atoms with Gasteiger partial charge in [0.25, 0.3) is 11.8 Å². The van der Waals surface area contributed by atoms with E-state index in [4.69, 9.17) is 20.2 Å². The Kier molecular flexibility index (Phi) is 16.2. The van der Waals surface area contributed by atoms with Crippen molar-refractivity contribution in [1.29, 1.82) is 0 Å². The van der Waals surface area contributed by atoms with Crippen LogP contribution in [0.25, 0.3) is 22.1 Å². The number of benzene rings is 2. The molecule has 0 aliphatic heterocycles. The zero-order valence-corrected chi connectivity index (χ0v) is 35.3. The molecule has 0 saturated heterocycles. The second kappa shape index (κ2) is 21.2. The fraction of sp³-hybridized carbons (Fsp3) is 0.366. The first-order chi connectivity index (χ1) is 29.0. The highest BCUT2D eigenvalue weighted by Crippen LogP contribution is 2.33. The predicted molar refractivity (Wildman–Crippen MR) is 229 cm³/mol. The Morgan fingerprint density at radius 2 is 1.28 bits per heavy atom. The highest BCUT2D eigenvalue weighted by molar-refractivity contribution is 6.05. The normalized spacial score (nSPS) is 10.9. The van der Waals surface area contributed by atoms with E-state index < -0.39 is 17.7 Å². The van der Waals surface area contributed by atoms with Crippen molar-refractivity contribution in [3.63, 3.8) is 0 Å². The number of nitrogens with zero attached hydrogens (tertiary/aromatic N) is 8. The monoisotopic (exact) mass is 826 g/mol. The number of allylic oxidation sites excluding steroid dienone is 2. The number of nitrogens with two attached hydrogens (primary N) is 2. The summed E-state index contributed by atoms with van der Waals surface area (Å²) in [4.78, 5) is 60.6. The van der Waals surface area contributed by atoms with E-state index in [9.17, 15) is 24.3 Å². The lowest BCUT2D eigenvalue weighted by molar-refractivity contribution is 0.0994. The molecule has 6 aromatic rings. The lowest BCUT2D eigenvalue weighted by atomic mass is 10.1. The van der Waals surface area contributed by atoms with Crippen LogP contribution in [0.2, 0.25) is 0 Å². The van der Waals surface area contributed by atoms with Crippen LogP contribution in [0.1, 0.15) is 87.2 Å². The Labute approximate surface area is 347 Å². The molecule has 320 valence electrons. The number of ether oxygens (including phenoxy) is 2. The van der Waals surface area contributed by atoms with Gasteiger partial charge in [-0.05, 0) is 71.1 Å². The van der Waals surface area contributed by atoms with Crippen molar-refractivity contribution in [2.24, 2.45) is 11.5 Å². The van der Waals surface area contributed by atoms with E-state index in [1.165, 1.54) is 26.3 Å². The maximum Gasteiger partial charge on any atom is 0.276 e. The number of anilines is 2. The first-order valence-corrected chi connectivity index (χ1v) is 19.6. The molecule has 0 unspecified atom stereocenters. The average molecular weight is 827 g/mol. The fourth-order valence-electron chi connectivity index (χ4n) is 6.38. The Morgan fingerprint density at radius 3 is 1.73 bits per heavy atom. The standard InChI is InChI=1S/C38H43N11O7.C2H6.CH5N/c1-6-48-28(15-22(3)44-48)35(53)42-37-40-26-17-24(21-51)18-31(56-14-10-13-50)33(26)47(37)12-9-8-11-46-32-27(19-25(34(39)52)20-30(32)55-5)41-38(46)43-36(54)29-16-23(4)45-49(29)7-2;2*1-2/h8-9,15-21,50H,6-7,10-14H2,1-5H3,(H2,39,52)(H,40,42,53)(H,41,43,54);1-2H3;2H2,1H3/b9-8+;;. The summed E-state index contributed by atoms with van der Waals surface area (Å²) >= 11 is 0. The number of aliphatic hydroxyl groups is 1. The Morgan fingerprint density at radius 1 is 0.783 bits per heavy atom. The van der Waals surface area contributed by atoms with Gasteiger partial charge in [0, 0.05) is 50.3 Å². The van der Waals surface area contributed by atoms with E-state index >= 15 is 0 Å². The Balaban J connectivity index is 0.00000193. The number of primary amides is 1. The van der Waals surface area contributed by atoms with E-state index in [2.05, 4.69) is 31.5 Å². The number of carbonyl (C=O) groups excluding carboxylic acids is 4. The molecule has 3 amide bonds. The van der Waals surface area contributed by atoms with Gasteiger partial charge in [0.05, 0.1) is 36.1 Å². The number of aromatic nitrogens is 8. The molecule has 0 saturated carbocycles. The van der Waals surface area contributed by atoms with Gasteiger partial charge < -0.3 is 35.2 Å². The van der Waals surface area contributed by atoms with E-state index in [0.29, 0.717) is 87.7 Å². The molecule has 0 spiro atoms. The molecule has 0 fully saturated rings. The molecule has 0 bridgehead atoms. The van der Waals surface area contributed by atoms with Gasteiger partial charge in [-0.3, -0.25) is 39.2 Å². The molecule has 0 aliphatic carbocycles. The van der Waals surface area contributed by atoms with Gasteiger partial charge in [-0.15, -0.1) is 0 Å². The number of hydrogen-bond acceptors (Lipinski definition) is 12. The van der Waals surface area contributed by atoms with Crippen molar-refractivity contribution in [3.8, 4) is 11.5 Å². The summed E-state index contributed by atoms with van der Waals surface area (Å²) in [5.41, 5.74) is 14.4. The predicted octanol–water partition coefficient (Wildman–Crippen LogP) is 4.48. The van der Waals surface area contributed by atoms with E-state index in [1.807, 2.05) is 39.8 Å². The summed E-state index contributed by atoms with van der Waals surface area (Å²) in [6, 6.07) is 9.59. The number of rotatable bonds is 17. The van der Waals surface area contributed by atoms with Gasteiger partial charge in [-0.25, -0.2) is 9.97 Å². The largest absolute Gasteiger partial charge is 0.494 e. The van der Waals surface area contributed by atoms with Crippen LogP contribution in [0.3, 0.4) is 0 Å². The van der Waals surface area contributed by atoms with Gasteiger partial charge in [0.2, 0.25) is 17.8 Å². The number of amides is 3. The smallest absolute Gasteiger partial charge is 0.276 e. The fourth-order valence-corrected chi connectivity index (χ4v) is 6.38. The van der Waals surface area contributed by atoms with Crippen molar-refractivity contribution in [2.45, 2.75) is 74.1 Å². The number of aliphatic hydroxyl groups excluding tert-OH is 1. The molecule has 19 heteroatoms. The van der Waals surface area contributed by atoms with Gasteiger partial charge in [0.1, 0.15) is 40.2 Å². The topological polar surface area (TPSA) is 254 Å². The van der Waals surface area contributed by atoms with Gasteiger partial charge in [-0.2, -0.15) is 10.2 Å². The summed E-state index contributed by atoms with van der Waals surface area (Å²) in [6.07, 6.45) is 4.70. The lowest BCUT2D eigenvalue weighted by Crippen LogP contribution is -2.20. The highest BCUT2D eigenvalue weighted by Gasteiger charge is 2.23. The molecule has 0 radical (unpaired) electrons. The summed E-state index contributed by atoms with van der Waals surface area (Å²) < 4.78 is 18.3. The van der Waals surface area contributed by atoms with E-state index in [0.717, 1.165) is 0 Å². The molecule has 4 aromatic heterocycles. The maximum absolute atomic E-state index is 13.6. The van der Waals surface area contributed by atoms with Crippen LogP contribution in [0.4, 0.5) is 11.9 Å². The summed E-state index contributed by atoms with van der Waals surface area (Å²) in [5, 5.41) is 24.0. The van der Waals surface area contributed by atoms with Crippen LogP contribution in [0.15, 0.2) is 48.6 Å². The SMILES string of the molecule is CC.CCn1nc(C)cc1C(=O)Nc1nc2cc(C(N)=O)cc(OC)c2n1C/C=C/Cn1c(NC(=O)c2cc(C)nn2CC)nc2cc(C=O)cc(OCCCO)c21.CN. The molecule has 2 aromatic carbocycles. The molecule has 60 heavy (non-hydrogen) atoms. The molecule has 19 nitrogen and oxygen atoms in total. The molecular weight excluding hydrogens is 773 g/mol. The van der Waals surface area contributed by atoms with Crippen LogP contribution in [-0.4, -0.2) is 95.1 Å². The lowest BCUT2D eigenvalue weighted by Gasteiger charge is -2.13. The van der Waals surface area contributed by atoms with Crippen LogP contribution < -0.4 is 31.6 Å². The maximum atomic E-state index is 13.6. The van der Waals surface area contributed by atoms with Crippen molar-refractivity contribution >= 4 is 58.0 Å². The number of carbonyl (C=O) groups is 4. The number of aryl methyl sites for hydroxylation is 4. The Hall–Kier alpha value is -6.86.